The lowest BCUT2D eigenvalue weighted by molar-refractivity contribution is 0.260. The first-order chi connectivity index (χ1) is 11.2. The molecule has 0 aliphatic carbocycles. The molecule has 122 valence electrons. The van der Waals surface area contributed by atoms with E-state index in [1.807, 2.05) is 25.1 Å². The molecule has 0 atom stereocenters. The van der Waals surface area contributed by atoms with Gasteiger partial charge in [0.1, 0.15) is 0 Å². The average Bonchev–Trinajstić information content (AvgIpc) is 2.61. The molecule has 3 rings (SSSR count). The lowest BCUT2D eigenvalue weighted by atomic mass is 10.1. The van der Waals surface area contributed by atoms with Crippen molar-refractivity contribution in [1.29, 1.82) is 0 Å². The van der Waals surface area contributed by atoms with E-state index >= 15 is 0 Å². The molecule has 0 unspecified atom stereocenters. The fourth-order valence-electron chi connectivity index (χ4n) is 2.86. The Hall–Kier alpha value is -2.14. The van der Waals surface area contributed by atoms with Crippen LogP contribution < -0.4 is 9.80 Å². The second kappa shape index (κ2) is 7.42. The standard InChI is InChI=1S/C18H25N5/c1-21(2)17-8-9-18(20-19-17)23-14-12-22(13-15-23)11-10-16-6-4-3-5-7-16/h3-9H,10-15H2,1-2H3. The fourth-order valence-corrected chi connectivity index (χ4v) is 2.86. The average molecular weight is 311 g/mol. The first-order valence-corrected chi connectivity index (χ1v) is 8.24. The smallest absolute Gasteiger partial charge is 0.151 e. The van der Waals surface area contributed by atoms with Gasteiger partial charge in [-0.1, -0.05) is 30.3 Å². The fraction of sp³-hybridized carbons (Fsp3) is 0.444. The van der Waals surface area contributed by atoms with Crippen LogP contribution in [0.5, 0.6) is 0 Å². The second-order valence-corrected chi connectivity index (χ2v) is 6.21. The summed E-state index contributed by atoms with van der Waals surface area (Å²) in [7, 11) is 3.96. The zero-order valence-electron chi connectivity index (χ0n) is 14.0. The highest BCUT2D eigenvalue weighted by atomic mass is 15.3. The van der Waals surface area contributed by atoms with E-state index in [4.69, 9.17) is 0 Å². The van der Waals surface area contributed by atoms with E-state index in [0.29, 0.717) is 0 Å². The van der Waals surface area contributed by atoms with Crippen LogP contribution in [0.1, 0.15) is 5.56 Å². The zero-order chi connectivity index (χ0) is 16.1. The number of hydrogen-bond acceptors (Lipinski definition) is 5. The number of rotatable bonds is 5. The largest absolute Gasteiger partial charge is 0.361 e. The molecule has 0 N–H and O–H groups in total. The Morgan fingerprint density at radius 2 is 1.65 bits per heavy atom. The Bertz CT molecular complexity index is 589. The van der Waals surface area contributed by atoms with E-state index in [0.717, 1.165) is 50.8 Å². The molecule has 1 fully saturated rings. The topological polar surface area (TPSA) is 35.5 Å². The molecular weight excluding hydrogens is 286 g/mol. The van der Waals surface area contributed by atoms with Crippen LogP contribution in [0.3, 0.4) is 0 Å². The maximum Gasteiger partial charge on any atom is 0.151 e. The van der Waals surface area contributed by atoms with E-state index in [2.05, 4.69) is 56.4 Å². The van der Waals surface area contributed by atoms with Crippen LogP contribution in [0.2, 0.25) is 0 Å². The van der Waals surface area contributed by atoms with E-state index in [1.54, 1.807) is 0 Å². The van der Waals surface area contributed by atoms with Crippen LogP contribution in [0.4, 0.5) is 11.6 Å². The molecule has 1 aliphatic rings. The van der Waals surface area contributed by atoms with Crippen molar-refractivity contribution in [2.75, 3.05) is 56.6 Å². The predicted octanol–water partition coefficient (Wildman–Crippen LogP) is 1.91. The van der Waals surface area contributed by atoms with Crippen molar-refractivity contribution in [1.82, 2.24) is 15.1 Å². The summed E-state index contributed by atoms with van der Waals surface area (Å²) in [5.74, 6) is 1.88. The van der Waals surface area contributed by atoms with Gasteiger partial charge in [-0.3, -0.25) is 4.90 Å². The highest BCUT2D eigenvalue weighted by Gasteiger charge is 2.18. The number of anilines is 2. The monoisotopic (exact) mass is 311 g/mol. The van der Waals surface area contributed by atoms with Gasteiger partial charge in [0.15, 0.2) is 11.6 Å². The third kappa shape index (κ3) is 4.20. The van der Waals surface area contributed by atoms with Crippen molar-refractivity contribution >= 4 is 11.6 Å². The molecule has 1 aromatic heterocycles. The van der Waals surface area contributed by atoms with Crippen LogP contribution in [-0.2, 0) is 6.42 Å². The summed E-state index contributed by atoms with van der Waals surface area (Å²) in [5, 5.41) is 8.63. The van der Waals surface area contributed by atoms with Crippen LogP contribution >= 0.6 is 0 Å². The predicted molar refractivity (Wildman–Crippen MR) is 95.2 cm³/mol. The van der Waals surface area contributed by atoms with Gasteiger partial charge in [0.25, 0.3) is 0 Å². The summed E-state index contributed by atoms with van der Waals surface area (Å²) >= 11 is 0. The first-order valence-electron chi connectivity index (χ1n) is 8.24. The van der Waals surface area contributed by atoms with Gasteiger partial charge in [-0.2, -0.15) is 0 Å². The van der Waals surface area contributed by atoms with Crippen molar-refractivity contribution in [2.24, 2.45) is 0 Å². The molecule has 2 heterocycles. The minimum Gasteiger partial charge on any atom is -0.361 e. The maximum absolute atomic E-state index is 4.36. The van der Waals surface area contributed by atoms with Crippen LogP contribution in [-0.4, -0.2) is 61.9 Å². The Morgan fingerprint density at radius 1 is 0.913 bits per heavy atom. The molecule has 2 aromatic rings. The first kappa shape index (κ1) is 15.7. The van der Waals surface area contributed by atoms with Gasteiger partial charge in [0, 0.05) is 46.8 Å². The summed E-state index contributed by atoms with van der Waals surface area (Å²) in [6.07, 6.45) is 1.12. The van der Waals surface area contributed by atoms with Gasteiger partial charge in [-0.05, 0) is 24.1 Å². The van der Waals surface area contributed by atoms with Gasteiger partial charge in [-0.15, -0.1) is 10.2 Å². The second-order valence-electron chi connectivity index (χ2n) is 6.21. The normalized spacial score (nSPS) is 15.7. The molecule has 1 saturated heterocycles. The summed E-state index contributed by atoms with van der Waals surface area (Å²) in [4.78, 5) is 6.83. The number of hydrogen-bond donors (Lipinski definition) is 0. The molecule has 0 radical (unpaired) electrons. The van der Waals surface area contributed by atoms with E-state index in [-0.39, 0.29) is 0 Å². The maximum atomic E-state index is 4.36. The Kier molecular flexibility index (Phi) is 5.08. The molecule has 0 bridgehead atoms. The van der Waals surface area contributed by atoms with Crippen molar-refractivity contribution in [3.63, 3.8) is 0 Å². The third-order valence-corrected chi connectivity index (χ3v) is 4.35. The molecule has 1 aromatic carbocycles. The van der Waals surface area contributed by atoms with Crippen LogP contribution in [0.25, 0.3) is 0 Å². The van der Waals surface area contributed by atoms with Crippen molar-refractivity contribution in [2.45, 2.75) is 6.42 Å². The Morgan fingerprint density at radius 3 is 2.26 bits per heavy atom. The van der Waals surface area contributed by atoms with E-state index < -0.39 is 0 Å². The molecule has 23 heavy (non-hydrogen) atoms. The highest BCUT2D eigenvalue weighted by Crippen LogP contribution is 2.15. The van der Waals surface area contributed by atoms with Crippen molar-refractivity contribution in [3.8, 4) is 0 Å². The molecule has 0 saturated carbocycles. The van der Waals surface area contributed by atoms with Gasteiger partial charge in [-0.25, -0.2) is 0 Å². The number of benzene rings is 1. The lowest BCUT2D eigenvalue weighted by Crippen LogP contribution is -2.47. The Labute approximate surface area is 138 Å². The summed E-state index contributed by atoms with van der Waals surface area (Å²) in [5.41, 5.74) is 1.42. The minimum absolute atomic E-state index is 0.898. The van der Waals surface area contributed by atoms with Gasteiger partial charge < -0.3 is 9.80 Å². The number of piperazine rings is 1. The SMILES string of the molecule is CN(C)c1ccc(N2CCN(CCc3ccccc3)CC2)nn1. The van der Waals surface area contributed by atoms with E-state index in [9.17, 15) is 0 Å². The third-order valence-electron chi connectivity index (χ3n) is 4.35. The van der Waals surface area contributed by atoms with Gasteiger partial charge in [0.05, 0.1) is 0 Å². The lowest BCUT2D eigenvalue weighted by Gasteiger charge is -2.35. The van der Waals surface area contributed by atoms with E-state index in [1.165, 1.54) is 5.56 Å². The van der Waals surface area contributed by atoms with Gasteiger partial charge in [0.2, 0.25) is 0 Å². The highest BCUT2D eigenvalue weighted by molar-refractivity contribution is 5.44. The minimum atomic E-state index is 0.898. The summed E-state index contributed by atoms with van der Waals surface area (Å²) < 4.78 is 0. The Balaban J connectivity index is 1.48. The summed E-state index contributed by atoms with van der Waals surface area (Å²) in [6, 6.07) is 14.8. The molecule has 0 amide bonds. The zero-order valence-corrected chi connectivity index (χ0v) is 14.0. The van der Waals surface area contributed by atoms with Crippen LogP contribution in [0, 0.1) is 0 Å². The molecular formula is C18H25N5. The summed E-state index contributed by atoms with van der Waals surface area (Å²) in [6.45, 7) is 5.34. The van der Waals surface area contributed by atoms with Crippen LogP contribution in [0.15, 0.2) is 42.5 Å². The number of nitrogens with zero attached hydrogens (tertiary/aromatic N) is 5. The number of aromatic nitrogens is 2. The molecule has 1 aliphatic heterocycles. The quantitative estimate of drug-likeness (QED) is 0.843. The van der Waals surface area contributed by atoms with Gasteiger partial charge >= 0.3 is 0 Å². The molecule has 0 spiro atoms. The van der Waals surface area contributed by atoms with Crippen molar-refractivity contribution < 1.29 is 0 Å². The molecule has 5 heteroatoms. The van der Waals surface area contributed by atoms with Crippen molar-refractivity contribution in [3.05, 3.63) is 48.0 Å². The molecule has 5 nitrogen and oxygen atoms in total.